The fraction of sp³-hybridized carbons (Fsp3) is 0.0714. The molecule has 0 aliphatic rings. The minimum absolute atomic E-state index is 0.0143. The second-order valence-electron chi connectivity index (χ2n) is 3.98. The molecule has 0 saturated heterocycles. The van der Waals surface area contributed by atoms with Crippen LogP contribution in [0.15, 0.2) is 46.6 Å². The number of H-pyrrole nitrogens is 1. The van der Waals surface area contributed by atoms with E-state index < -0.39 is 0 Å². The molecule has 0 fully saturated rings. The summed E-state index contributed by atoms with van der Waals surface area (Å²) >= 11 is 1.66. The van der Waals surface area contributed by atoms with Crippen LogP contribution in [0.2, 0.25) is 0 Å². The Morgan fingerprint density at radius 3 is 2.65 bits per heavy atom. The summed E-state index contributed by atoms with van der Waals surface area (Å²) in [5.41, 5.74) is 3.73. The number of hydrogen-bond acceptors (Lipinski definition) is 2. The topological polar surface area (TPSA) is 32.9 Å². The second-order valence-corrected chi connectivity index (χ2v) is 4.90. The molecule has 84 valence electrons. The van der Waals surface area contributed by atoms with Gasteiger partial charge in [0.1, 0.15) is 0 Å². The summed E-state index contributed by atoms with van der Waals surface area (Å²) in [5.74, 6) is 0. The first-order chi connectivity index (χ1) is 8.27. The minimum Gasteiger partial charge on any atom is -0.321 e. The highest BCUT2D eigenvalue weighted by Gasteiger charge is 2.11. The van der Waals surface area contributed by atoms with E-state index in [1.165, 1.54) is 0 Å². The standard InChI is InChI=1S/C14H11NOS/c1-9-12(10-5-3-2-4-6-10)14(16)15-11-7-8-17-13(9)11/h2-8H,1H3,(H,15,16). The van der Waals surface area contributed by atoms with E-state index in [1.54, 1.807) is 11.3 Å². The number of pyridine rings is 1. The van der Waals surface area contributed by atoms with Crippen LogP contribution >= 0.6 is 11.3 Å². The van der Waals surface area contributed by atoms with Crippen molar-refractivity contribution in [1.29, 1.82) is 0 Å². The second kappa shape index (κ2) is 3.86. The van der Waals surface area contributed by atoms with Crippen molar-refractivity contribution in [2.24, 2.45) is 0 Å². The van der Waals surface area contributed by atoms with E-state index >= 15 is 0 Å². The fourth-order valence-corrected chi connectivity index (χ4v) is 2.98. The summed E-state index contributed by atoms with van der Waals surface area (Å²) in [6.45, 7) is 2.01. The highest BCUT2D eigenvalue weighted by Crippen LogP contribution is 2.28. The van der Waals surface area contributed by atoms with Gasteiger partial charge in [-0.1, -0.05) is 30.3 Å². The molecule has 2 aromatic heterocycles. The van der Waals surface area contributed by atoms with Gasteiger partial charge in [-0.3, -0.25) is 4.79 Å². The first-order valence-electron chi connectivity index (χ1n) is 5.43. The summed E-state index contributed by atoms with van der Waals surface area (Å²) in [6, 6.07) is 11.7. The van der Waals surface area contributed by atoms with E-state index in [4.69, 9.17) is 0 Å². The molecule has 0 atom stereocenters. The van der Waals surface area contributed by atoms with Crippen molar-refractivity contribution in [1.82, 2.24) is 4.98 Å². The van der Waals surface area contributed by atoms with Gasteiger partial charge in [0.05, 0.1) is 15.8 Å². The average Bonchev–Trinajstić information content (AvgIpc) is 2.78. The van der Waals surface area contributed by atoms with Crippen molar-refractivity contribution in [2.75, 3.05) is 0 Å². The summed E-state index contributed by atoms with van der Waals surface area (Å²) in [6.07, 6.45) is 0. The Labute approximate surface area is 103 Å². The zero-order valence-corrected chi connectivity index (χ0v) is 10.2. The van der Waals surface area contributed by atoms with Gasteiger partial charge in [-0.2, -0.15) is 0 Å². The van der Waals surface area contributed by atoms with Crippen LogP contribution in [0, 0.1) is 6.92 Å². The molecule has 2 heterocycles. The number of rotatable bonds is 1. The van der Waals surface area contributed by atoms with Crippen LogP contribution in [-0.4, -0.2) is 4.98 Å². The molecule has 3 rings (SSSR count). The quantitative estimate of drug-likeness (QED) is 0.694. The molecule has 0 aliphatic carbocycles. The number of fused-ring (bicyclic) bond motifs is 1. The summed E-state index contributed by atoms with van der Waals surface area (Å²) < 4.78 is 1.16. The Balaban J connectivity index is 2.40. The maximum absolute atomic E-state index is 12.1. The third-order valence-electron chi connectivity index (χ3n) is 2.92. The molecule has 3 heteroatoms. The van der Waals surface area contributed by atoms with Crippen LogP contribution in [-0.2, 0) is 0 Å². The lowest BCUT2D eigenvalue weighted by Gasteiger charge is -2.05. The number of aromatic amines is 1. The lowest BCUT2D eigenvalue weighted by molar-refractivity contribution is 1.29. The number of benzene rings is 1. The molecular formula is C14H11NOS. The average molecular weight is 241 g/mol. The zero-order chi connectivity index (χ0) is 11.8. The summed E-state index contributed by atoms with van der Waals surface area (Å²) in [5, 5.41) is 2.00. The van der Waals surface area contributed by atoms with Crippen LogP contribution in [0.3, 0.4) is 0 Å². The van der Waals surface area contributed by atoms with Crippen molar-refractivity contribution >= 4 is 21.6 Å². The minimum atomic E-state index is -0.0143. The third kappa shape index (κ3) is 1.59. The van der Waals surface area contributed by atoms with Crippen molar-refractivity contribution < 1.29 is 0 Å². The smallest absolute Gasteiger partial charge is 0.256 e. The van der Waals surface area contributed by atoms with Crippen LogP contribution in [0.25, 0.3) is 21.3 Å². The van der Waals surface area contributed by atoms with Crippen LogP contribution < -0.4 is 5.56 Å². The Morgan fingerprint density at radius 1 is 1.12 bits per heavy atom. The molecule has 0 spiro atoms. The molecule has 0 aliphatic heterocycles. The van der Waals surface area contributed by atoms with Gasteiger partial charge in [-0.05, 0) is 29.5 Å². The van der Waals surface area contributed by atoms with Crippen LogP contribution in [0.5, 0.6) is 0 Å². The zero-order valence-electron chi connectivity index (χ0n) is 9.36. The lowest BCUT2D eigenvalue weighted by atomic mass is 10.0. The molecule has 0 unspecified atom stereocenters. The van der Waals surface area contributed by atoms with Crippen molar-refractivity contribution in [3.8, 4) is 11.1 Å². The number of hydrogen-bond donors (Lipinski definition) is 1. The molecule has 0 amide bonds. The summed E-state index contributed by atoms with van der Waals surface area (Å²) in [4.78, 5) is 15.0. The van der Waals surface area contributed by atoms with E-state index in [-0.39, 0.29) is 5.56 Å². The van der Waals surface area contributed by atoms with Crippen molar-refractivity contribution in [3.63, 3.8) is 0 Å². The normalized spacial score (nSPS) is 10.9. The number of thiophene rings is 1. The highest BCUT2D eigenvalue weighted by atomic mass is 32.1. The Kier molecular flexibility index (Phi) is 2.34. The molecule has 1 aromatic carbocycles. The van der Waals surface area contributed by atoms with E-state index in [1.807, 2.05) is 48.7 Å². The van der Waals surface area contributed by atoms with Gasteiger partial charge < -0.3 is 4.98 Å². The molecule has 3 aromatic rings. The fourth-order valence-electron chi connectivity index (χ4n) is 2.12. The van der Waals surface area contributed by atoms with Gasteiger partial charge in [0.2, 0.25) is 0 Å². The predicted octanol–water partition coefficient (Wildman–Crippen LogP) is 3.57. The maximum atomic E-state index is 12.1. The third-order valence-corrected chi connectivity index (χ3v) is 3.95. The molecule has 0 bridgehead atoms. The SMILES string of the molecule is Cc1c(-c2ccccc2)c(=O)[nH]c2ccsc12. The van der Waals surface area contributed by atoms with Crippen molar-refractivity contribution in [3.05, 3.63) is 57.7 Å². The Morgan fingerprint density at radius 2 is 1.88 bits per heavy atom. The van der Waals surface area contributed by atoms with Gasteiger partial charge in [-0.15, -0.1) is 11.3 Å². The maximum Gasteiger partial charge on any atom is 0.256 e. The lowest BCUT2D eigenvalue weighted by Crippen LogP contribution is -2.10. The largest absolute Gasteiger partial charge is 0.321 e. The molecular weight excluding hydrogens is 230 g/mol. The Hall–Kier alpha value is -1.87. The van der Waals surface area contributed by atoms with Crippen LogP contribution in [0.1, 0.15) is 5.56 Å². The number of aryl methyl sites for hydroxylation is 1. The van der Waals surface area contributed by atoms with Gasteiger partial charge in [0.25, 0.3) is 5.56 Å². The first-order valence-corrected chi connectivity index (χ1v) is 6.31. The highest BCUT2D eigenvalue weighted by molar-refractivity contribution is 7.17. The van der Waals surface area contributed by atoms with Gasteiger partial charge in [0, 0.05) is 0 Å². The Bertz CT molecular complexity index is 725. The van der Waals surface area contributed by atoms with E-state index in [9.17, 15) is 4.79 Å². The van der Waals surface area contributed by atoms with E-state index in [0.29, 0.717) is 0 Å². The van der Waals surface area contributed by atoms with Gasteiger partial charge >= 0.3 is 0 Å². The van der Waals surface area contributed by atoms with Gasteiger partial charge in [-0.25, -0.2) is 0 Å². The van der Waals surface area contributed by atoms with Gasteiger partial charge in [0.15, 0.2) is 0 Å². The monoisotopic (exact) mass is 241 g/mol. The van der Waals surface area contributed by atoms with E-state index in [0.717, 1.165) is 26.9 Å². The van der Waals surface area contributed by atoms with Crippen molar-refractivity contribution in [2.45, 2.75) is 6.92 Å². The molecule has 0 saturated carbocycles. The van der Waals surface area contributed by atoms with Crippen LogP contribution in [0.4, 0.5) is 0 Å². The molecule has 17 heavy (non-hydrogen) atoms. The molecule has 2 nitrogen and oxygen atoms in total. The first kappa shape index (κ1) is 10.3. The number of aromatic nitrogens is 1. The summed E-state index contributed by atoms with van der Waals surface area (Å²) in [7, 11) is 0. The molecule has 1 N–H and O–H groups in total. The van der Waals surface area contributed by atoms with E-state index in [2.05, 4.69) is 4.98 Å². The number of nitrogens with one attached hydrogen (secondary N) is 1. The predicted molar refractivity (Wildman–Crippen MR) is 72.6 cm³/mol. The molecule has 0 radical (unpaired) electrons.